The number of ether oxygens (including phenoxy) is 1. The van der Waals surface area contributed by atoms with Gasteiger partial charge in [0, 0.05) is 31.2 Å². The van der Waals surface area contributed by atoms with E-state index in [2.05, 4.69) is 39.5 Å². The number of fused-ring (bicyclic) bond motifs is 3. The highest BCUT2D eigenvalue weighted by Crippen LogP contribution is 2.37. The molecule has 3 unspecified atom stereocenters. The van der Waals surface area contributed by atoms with Crippen molar-refractivity contribution in [2.24, 2.45) is 0 Å². The number of carbonyl (C=O) groups excluding carboxylic acids is 1. The Bertz CT molecular complexity index is 749. The molecular formula is C18H21N5O2. The Kier molecular flexibility index (Phi) is 3.50. The summed E-state index contributed by atoms with van der Waals surface area (Å²) in [7, 11) is 0. The molecule has 1 aromatic carbocycles. The van der Waals surface area contributed by atoms with Gasteiger partial charge in [0.25, 0.3) is 0 Å². The van der Waals surface area contributed by atoms with Crippen LogP contribution in [0.3, 0.4) is 0 Å². The molecule has 2 aromatic rings. The van der Waals surface area contributed by atoms with Crippen LogP contribution < -0.4 is 5.32 Å². The fourth-order valence-electron chi connectivity index (χ4n) is 4.16. The van der Waals surface area contributed by atoms with E-state index < -0.39 is 0 Å². The van der Waals surface area contributed by atoms with Gasteiger partial charge in [-0.25, -0.2) is 9.78 Å². The summed E-state index contributed by atoms with van der Waals surface area (Å²) in [5, 5.41) is 3.54. The summed E-state index contributed by atoms with van der Waals surface area (Å²) < 4.78 is 7.52. The molecule has 4 aliphatic heterocycles. The lowest BCUT2D eigenvalue weighted by Gasteiger charge is -2.57. The lowest BCUT2D eigenvalue weighted by atomic mass is 9.92. The van der Waals surface area contributed by atoms with Crippen molar-refractivity contribution in [1.82, 2.24) is 19.4 Å². The average Bonchev–Trinajstić information content (AvgIpc) is 3.10. The molecule has 0 saturated carbocycles. The van der Waals surface area contributed by atoms with E-state index in [9.17, 15) is 4.79 Å². The van der Waals surface area contributed by atoms with Gasteiger partial charge in [0.2, 0.25) is 0 Å². The van der Waals surface area contributed by atoms with E-state index >= 15 is 0 Å². The van der Waals surface area contributed by atoms with E-state index in [1.165, 1.54) is 15.8 Å². The van der Waals surface area contributed by atoms with Crippen LogP contribution in [0.25, 0.3) is 0 Å². The second-order valence-electron chi connectivity index (χ2n) is 6.84. The van der Waals surface area contributed by atoms with Crippen LogP contribution in [-0.2, 0) is 11.2 Å². The van der Waals surface area contributed by atoms with Crippen molar-refractivity contribution in [1.29, 1.82) is 0 Å². The van der Waals surface area contributed by atoms with E-state index in [4.69, 9.17) is 4.74 Å². The summed E-state index contributed by atoms with van der Waals surface area (Å²) in [5.41, 5.74) is 2.56. The van der Waals surface area contributed by atoms with Gasteiger partial charge in [-0.05, 0) is 24.5 Å². The highest BCUT2D eigenvalue weighted by atomic mass is 16.5. The Labute approximate surface area is 146 Å². The molecule has 3 fully saturated rings. The van der Waals surface area contributed by atoms with E-state index in [0.717, 1.165) is 32.6 Å². The van der Waals surface area contributed by atoms with Gasteiger partial charge in [-0.1, -0.05) is 18.2 Å². The Hall–Kier alpha value is -2.38. The number of rotatable bonds is 1. The smallest absolute Gasteiger partial charge is 0.331 e. The Balaban J connectivity index is 1.33. The lowest BCUT2D eigenvalue weighted by molar-refractivity contribution is -0.269. The maximum Gasteiger partial charge on any atom is 0.331 e. The number of hydrogen-bond acceptors (Lipinski definition) is 5. The minimum absolute atomic E-state index is 0.0586. The Morgan fingerprint density at radius 3 is 3.04 bits per heavy atom. The number of benzene rings is 1. The summed E-state index contributed by atoms with van der Waals surface area (Å²) >= 11 is 0. The number of nitrogens with one attached hydrogen (secondary N) is 1. The zero-order valence-electron chi connectivity index (χ0n) is 13.9. The van der Waals surface area contributed by atoms with Crippen LogP contribution in [0.2, 0.25) is 0 Å². The van der Waals surface area contributed by atoms with E-state index in [-0.39, 0.29) is 24.4 Å². The van der Waals surface area contributed by atoms with Crippen LogP contribution in [0, 0.1) is 0 Å². The number of piperidine rings is 1. The SMILES string of the molecule is O=C(N1CCC2OC1C2N1CCc2ccccc2NC1)n1ccnc1. The highest BCUT2D eigenvalue weighted by Gasteiger charge is 2.53. The molecule has 25 heavy (non-hydrogen) atoms. The fraction of sp³-hybridized carbons (Fsp3) is 0.444. The molecule has 0 radical (unpaired) electrons. The largest absolute Gasteiger partial charge is 0.372 e. The van der Waals surface area contributed by atoms with E-state index in [1.54, 1.807) is 18.7 Å². The van der Waals surface area contributed by atoms with Gasteiger partial charge >= 0.3 is 6.03 Å². The van der Waals surface area contributed by atoms with Crippen molar-refractivity contribution in [3.05, 3.63) is 48.5 Å². The van der Waals surface area contributed by atoms with Crippen LogP contribution in [0.1, 0.15) is 12.0 Å². The molecule has 2 bridgehead atoms. The quantitative estimate of drug-likeness (QED) is 0.855. The van der Waals surface area contributed by atoms with Crippen LogP contribution in [-0.4, -0.2) is 63.5 Å². The predicted octanol–water partition coefficient (Wildman–Crippen LogP) is 1.58. The lowest BCUT2D eigenvalue weighted by Crippen LogP contribution is -2.73. The normalized spacial score (nSPS) is 28.5. The average molecular weight is 339 g/mol. The number of imidazole rings is 1. The van der Waals surface area contributed by atoms with Crippen molar-refractivity contribution in [3.8, 4) is 0 Å². The summed E-state index contributed by atoms with van der Waals surface area (Å²) in [6.07, 6.45) is 6.80. The first-order valence-corrected chi connectivity index (χ1v) is 8.81. The van der Waals surface area contributed by atoms with Gasteiger partial charge in [0.15, 0.2) is 6.23 Å². The fourth-order valence-corrected chi connectivity index (χ4v) is 4.16. The molecule has 3 saturated heterocycles. The second kappa shape index (κ2) is 5.86. The third-order valence-corrected chi connectivity index (χ3v) is 5.50. The van der Waals surface area contributed by atoms with Crippen molar-refractivity contribution in [2.45, 2.75) is 31.2 Å². The standard InChI is InChI=1S/C18H21N5O2/c24-18(22-10-7-19-11-22)23-9-6-15-16(17(23)25-15)21-8-5-13-3-1-2-4-14(13)20-12-21/h1-4,7,10-11,15-17,20H,5-6,8-9,12H2. The van der Waals surface area contributed by atoms with Crippen molar-refractivity contribution < 1.29 is 9.53 Å². The number of hydrogen-bond donors (Lipinski definition) is 1. The molecule has 0 aliphatic carbocycles. The second-order valence-corrected chi connectivity index (χ2v) is 6.84. The van der Waals surface area contributed by atoms with Crippen LogP contribution >= 0.6 is 0 Å². The summed E-state index contributed by atoms with van der Waals surface area (Å²) in [6.45, 7) is 2.49. The number of para-hydroxylation sites is 1. The molecule has 1 aromatic heterocycles. The molecule has 1 amide bonds. The predicted molar refractivity (Wildman–Crippen MR) is 92.1 cm³/mol. The molecule has 4 aliphatic rings. The third kappa shape index (κ3) is 2.42. The molecule has 5 heterocycles. The minimum atomic E-state index is -0.170. The molecule has 3 atom stereocenters. The van der Waals surface area contributed by atoms with Crippen molar-refractivity contribution in [3.63, 3.8) is 0 Å². The first kappa shape index (κ1) is 14.9. The van der Waals surface area contributed by atoms with Crippen LogP contribution in [0.4, 0.5) is 10.5 Å². The Morgan fingerprint density at radius 1 is 1.28 bits per heavy atom. The van der Waals surface area contributed by atoms with Gasteiger partial charge in [0.05, 0.1) is 18.8 Å². The van der Waals surface area contributed by atoms with Gasteiger partial charge < -0.3 is 10.1 Å². The third-order valence-electron chi connectivity index (χ3n) is 5.50. The van der Waals surface area contributed by atoms with Crippen molar-refractivity contribution >= 4 is 11.7 Å². The molecular weight excluding hydrogens is 318 g/mol. The Morgan fingerprint density at radius 2 is 2.20 bits per heavy atom. The number of aromatic nitrogens is 2. The maximum atomic E-state index is 12.7. The molecule has 0 spiro atoms. The zero-order valence-corrected chi connectivity index (χ0v) is 13.9. The summed E-state index contributed by atoms with van der Waals surface area (Å²) in [6, 6.07) is 8.65. The molecule has 1 N–H and O–H groups in total. The number of nitrogens with zero attached hydrogens (tertiary/aromatic N) is 4. The van der Waals surface area contributed by atoms with E-state index in [1.807, 2.05) is 4.90 Å². The number of amides is 1. The zero-order chi connectivity index (χ0) is 16.8. The van der Waals surface area contributed by atoms with Gasteiger partial charge in [-0.2, -0.15) is 0 Å². The highest BCUT2D eigenvalue weighted by molar-refractivity contribution is 5.77. The minimum Gasteiger partial charge on any atom is -0.372 e. The number of anilines is 1. The van der Waals surface area contributed by atoms with Crippen LogP contribution in [0.5, 0.6) is 0 Å². The van der Waals surface area contributed by atoms with Gasteiger partial charge in [-0.3, -0.25) is 14.4 Å². The van der Waals surface area contributed by atoms with Gasteiger partial charge in [-0.15, -0.1) is 0 Å². The topological polar surface area (TPSA) is 62.6 Å². The monoisotopic (exact) mass is 339 g/mol. The molecule has 7 nitrogen and oxygen atoms in total. The van der Waals surface area contributed by atoms with Crippen LogP contribution in [0.15, 0.2) is 43.0 Å². The van der Waals surface area contributed by atoms with E-state index in [0.29, 0.717) is 0 Å². The maximum absolute atomic E-state index is 12.7. The molecule has 6 rings (SSSR count). The molecule has 7 heteroatoms. The summed E-state index contributed by atoms with van der Waals surface area (Å²) in [4.78, 5) is 20.9. The summed E-state index contributed by atoms with van der Waals surface area (Å²) in [5.74, 6) is 0. The first-order valence-electron chi connectivity index (χ1n) is 8.81. The van der Waals surface area contributed by atoms with Gasteiger partial charge in [0.1, 0.15) is 6.33 Å². The molecule has 130 valence electrons. The van der Waals surface area contributed by atoms with Crippen molar-refractivity contribution in [2.75, 3.05) is 25.1 Å². The number of carbonyl (C=O) groups is 1. The first-order chi connectivity index (χ1) is 12.3.